The van der Waals surface area contributed by atoms with Crippen LogP contribution in [0.3, 0.4) is 0 Å². The average Bonchev–Trinajstić information content (AvgIpc) is 2.88. The number of anilines is 2. The summed E-state index contributed by atoms with van der Waals surface area (Å²) in [5, 5.41) is 4.64. The topological polar surface area (TPSA) is 114 Å². The van der Waals surface area contributed by atoms with Crippen LogP contribution in [0, 0.1) is 11.6 Å². The summed E-state index contributed by atoms with van der Waals surface area (Å²) in [7, 11) is 1.37. The smallest absolute Gasteiger partial charge is 0.335 e. The van der Waals surface area contributed by atoms with Crippen LogP contribution in [-0.4, -0.2) is 37.5 Å². The first-order valence-corrected chi connectivity index (χ1v) is 10.8. The van der Waals surface area contributed by atoms with E-state index in [4.69, 9.17) is 9.47 Å². The van der Waals surface area contributed by atoms with Crippen molar-refractivity contribution in [1.82, 2.24) is 5.32 Å². The summed E-state index contributed by atoms with van der Waals surface area (Å²) in [6.07, 6.45) is 1.26. The average molecular weight is 507 g/mol. The standard InChI is InChI=1S/C26H19F2N3O6/c1-36-22-13-15(2-11-21(22)37-14-23(32)29-18-7-3-16(27)4-8-18)12-20-24(33)30-26(35)31(25(20)34)19-9-5-17(28)6-10-19/h2-13H,14H2,1H3,(H,29,32)(H,30,33,35)/b20-12+. The molecular weight excluding hydrogens is 488 g/mol. The summed E-state index contributed by atoms with van der Waals surface area (Å²) in [6.45, 7) is -0.371. The molecule has 11 heteroatoms. The Morgan fingerprint density at radius 2 is 1.59 bits per heavy atom. The van der Waals surface area contributed by atoms with Crippen LogP contribution < -0.4 is 25.0 Å². The normalized spacial score (nSPS) is 14.4. The summed E-state index contributed by atoms with van der Waals surface area (Å²) in [5.41, 5.74) is 0.514. The summed E-state index contributed by atoms with van der Waals surface area (Å²) in [6, 6.07) is 13.4. The fourth-order valence-corrected chi connectivity index (χ4v) is 3.42. The van der Waals surface area contributed by atoms with Gasteiger partial charge in [0.25, 0.3) is 17.7 Å². The number of amides is 5. The molecule has 37 heavy (non-hydrogen) atoms. The lowest BCUT2D eigenvalue weighted by Crippen LogP contribution is -2.54. The molecule has 188 valence electrons. The van der Waals surface area contributed by atoms with Gasteiger partial charge in [0.1, 0.15) is 17.2 Å². The molecule has 1 heterocycles. The maximum Gasteiger partial charge on any atom is 0.335 e. The third-order valence-corrected chi connectivity index (χ3v) is 5.17. The van der Waals surface area contributed by atoms with Crippen LogP contribution in [0.5, 0.6) is 11.5 Å². The lowest BCUT2D eigenvalue weighted by atomic mass is 10.1. The van der Waals surface area contributed by atoms with E-state index < -0.39 is 35.4 Å². The van der Waals surface area contributed by atoms with Gasteiger partial charge in [-0.1, -0.05) is 6.07 Å². The molecule has 0 atom stereocenters. The van der Waals surface area contributed by atoms with Crippen molar-refractivity contribution < 1.29 is 37.4 Å². The zero-order valence-corrected chi connectivity index (χ0v) is 19.3. The van der Waals surface area contributed by atoms with Crippen molar-refractivity contribution >= 4 is 41.2 Å². The Kier molecular flexibility index (Phi) is 7.23. The Morgan fingerprint density at radius 3 is 2.24 bits per heavy atom. The molecule has 0 bridgehead atoms. The number of urea groups is 1. The fraction of sp³-hybridized carbons (Fsp3) is 0.0769. The van der Waals surface area contributed by atoms with Gasteiger partial charge in [-0.15, -0.1) is 0 Å². The molecular formula is C26H19F2N3O6. The lowest BCUT2D eigenvalue weighted by Gasteiger charge is -2.26. The second-order valence-corrected chi connectivity index (χ2v) is 7.69. The van der Waals surface area contributed by atoms with Gasteiger partial charge in [0.05, 0.1) is 12.8 Å². The van der Waals surface area contributed by atoms with Crippen molar-refractivity contribution in [2.24, 2.45) is 0 Å². The molecule has 0 aliphatic carbocycles. The van der Waals surface area contributed by atoms with Gasteiger partial charge in [-0.2, -0.15) is 0 Å². The molecule has 2 N–H and O–H groups in total. The lowest BCUT2D eigenvalue weighted by molar-refractivity contribution is -0.122. The Bertz CT molecular complexity index is 1400. The minimum absolute atomic E-state index is 0.0857. The van der Waals surface area contributed by atoms with Crippen molar-refractivity contribution in [2.75, 3.05) is 23.9 Å². The van der Waals surface area contributed by atoms with Crippen LogP contribution in [0.25, 0.3) is 6.08 Å². The van der Waals surface area contributed by atoms with Crippen LogP contribution in [-0.2, 0) is 14.4 Å². The van der Waals surface area contributed by atoms with Gasteiger partial charge < -0.3 is 14.8 Å². The molecule has 5 amide bonds. The van der Waals surface area contributed by atoms with Crippen LogP contribution in [0.15, 0.2) is 72.3 Å². The highest BCUT2D eigenvalue weighted by molar-refractivity contribution is 6.39. The van der Waals surface area contributed by atoms with Crippen molar-refractivity contribution in [1.29, 1.82) is 0 Å². The van der Waals surface area contributed by atoms with Crippen LogP contribution in [0.2, 0.25) is 0 Å². The molecule has 9 nitrogen and oxygen atoms in total. The second kappa shape index (κ2) is 10.7. The molecule has 0 unspecified atom stereocenters. The van der Waals surface area contributed by atoms with Crippen molar-refractivity contribution in [3.63, 3.8) is 0 Å². The number of carbonyl (C=O) groups is 4. The summed E-state index contributed by atoms with van der Waals surface area (Å²) in [5.74, 6) is -2.85. The third kappa shape index (κ3) is 5.78. The Balaban J connectivity index is 1.50. The molecule has 0 aromatic heterocycles. The monoisotopic (exact) mass is 507 g/mol. The maximum absolute atomic E-state index is 13.3. The van der Waals surface area contributed by atoms with E-state index in [1.807, 2.05) is 0 Å². The number of barbiturate groups is 1. The summed E-state index contributed by atoms with van der Waals surface area (Å²) >= 11 is 0. The van der Waals surface area contributed by atoms with E-state index >= 15 is 0 Å². The van der Waals surface area contributed by atoms with E-state index in [0.717, 1.165) is 17.0 Å². The van der Waals surface area contributed by atoms with Gasteiger partial charge in [-0.25, -0.2) is 18.5 Å². The van der Waals surface area contributed by atoms with E-state index in [1.54, 1.807) is 0 Å². The summed E-state index contributed by atoms with van der Waals surface area (Å²) < 4.78 is 37.1. The number of rotatable bonds is 7. The molecule has 0 radical (unpaired) electrons. The van der Waals surface area contributed by atoms with Crippen molar-refractivity contribution in [3.8, 4) is 11.5 Å². The van der Waals surface area contributed by atoms with Crippen LogP contribution in [0.1, 0.15) is 5.56 Å². The largest absolute Gasteiger partial charge is 0.493 e. The second-order valence-electron chi connectivity index (χ2n) is 7.69. The predicted octanol–water partition coefficient (Wildman–Crippen LogP) is 3.66. The van der Waals surface area contributed by atoms with Gasteiger partial charge in [-0.3, -0.25) is 19.7 Å². The van der Waals surface area contributed by atoms with Crippen molar-refractivity contribution in [2.45, 2.75) is 0 Å². The Hall–Kier alpha value is -5.06. The third-order valence-electron chi connectivity index (χ3n) is 5.17. The highest BCUT2D eigenvalue weighted by atomic mass is 19.1. The SMILES string of the molecule is COc1cc(/C=C2\C(=O)NC(=O)N(c3ccc(F)cc3)C2=O)ccc1OCC(=O)Nc1ccc(F)cc1. The number of imide groups is 2. The number of hydrogen-bond acceptors (Lipinski definition) is 6. The van der Waals surface area contributed by atoms with E-state index in [1.165, 1.54) is 67.8 Å². The molecule has 1 aliphatic rings. The van der Waals surface area contributed by atoms with Gasteiger partial charge in [-0.05, 0) is 72.3 Å². The highest BCUT2D eigenvalue weighted by Gasteiger charge is 2.36. The number of halogens is 2. The first-order valence-electron chi connectivity index (χ1n) is 10.8. The zero-order valence-electron chi connectivity index (χ0n) is 19.3. The molecule has 1 fully saturated rings. The number of hydrogen-bond donors (Lipinski definition) is 2. The van der Waals surface area contributed by atoms with Crippen LogP contribution >= 0.6 is 0 Å². The quantitative estimate of drug-likeness (QED) is 0.373. The van der Waals surface area contributed by atoms with E-state index in [9.17, 15) is 28.0 Å². The predicted molar refractivity (Wildman–Crippen MR) is 129 cm³/mol. The van der Waals surface area contributed by atoms with Gasteiger partial charge >= 0.3 is 6.03 Å². The molecule has 1 aliphatic heterocycles. The van der Waals surface area contributed by atoms with Gasteiger partial charge in [0.15, 0.2) is 18.1 Å². The van der Waals surface area contributed by atoms with E-state index in [2.05, 4.69) is 10.6 Å². The first kappa shape index (κ1) is 25.0. The highest BCUT2D eigenvalue weighted by Crippen LogP contribution is 2.30. The minimum Gasteiger partial charge on any atom is -0.493 e. The van der Waals surface area contributed by atoms with Gasteiger partial charge in [0, 0.05) is 5.69 Å². The van der Waals surface area contributed by atoms with Crippen LogP contribution in [0.4, 0.5) is 25.0 Å². The molecule has 1 saturated heterocycles. The molecule has 0 spiro atoms. The zero-order chi connectivity index (χ0) is 26.5. The molecule has 3 aromatic rings. The molecule has 3 aromatic carbocycles. The first-order chi connectivity index (χ1) is 17.7. The van der Waals surface area contributed by atoms with E-state index in [0.29, 0.717) is 11.3 Å². The number of nitrogens with one attached hydrogen (secondary N) is 2. The number of nitrogens with zero attached hydrogens (tertiary/aromatic N) is 1. The Labute approximate surface area is 209 Å². The Morgan fingerprint density at radius 1 is 0.946 bits per heavy atom. The number of ether oxygens (including phenoxy) is 2. The number of methoxy groups -OCH3 is 1. The van der Waals surface area contributed by atoms with E-state index in [-0.39, 0.29) is 29.4 Å². The molecule has 0 saturated carbocycles. The van der Waals surface area contributed by atoms with Gasteiger partial charge in [0.2, 0.25) is 0 Å². The number of benzene rings is 3. The minimum atomic E-state index is -0.959. The molecule has 4 rings (SSSR count). The summed E-state index contributed by atoms with van der Waals surface area (Å²) in [4.78, 5) is 50.5. The fourth-order valence-electron chi connectivity index (χ4n) is 3.42. The van der Waals surface area contributed by atoms with Crippen molar-refractivity contribution in [3.05, 3.63) is 89.5 Å². The number of carbonyl (C=O) groups excluding carboxylic acids is 4. The maximum atomic E-state index is 13.3.